The van der Waals surface area contributed by atoms with Crippen LogP contribution in [0.3, 0.4) is 0 Å². The number of carbonyl (C=O) groups is 1. The van der Waals surface area contributed by atoms with Crippen LogP contribution in [0.1, 0.15) is 17.9 Å². The molecule has 0 heterocycles. The maximum atomic E-state index is 14.0. The van der Waals surface area contributed by atoms with Crippen LogP contribution in [0.15, 0.2) is 12.1 Å². The summed E-state index contributed by atoms with van der Waals surface area (Å²) in [4.78, 5) is 12.5. The standard InChI is InChI=1S/C14H19F2NO3/c1-17(4-6-19)9-10(3-5-18)14-12(15)7-11(20-2)8-13(14)16/h5,7-8,10,19H,3-4,6,9H2,1-2H3. The van der Waals surface area contributed by atoms with E-state index in [1.54, 1.807) is 11.9 Å². The van der Waals surface area contributed by atoms with Crippen LogP contribution in [-0.2, 0) is 4.79 Å². The number of hydrogen-bond donors (Lipinski definition) is 1. The molecule has 1 N–H and O–H groups in total. The molecule has 0 radical (unpaired) electrons. The van der Waals surface area contributed by atoms with Crippen LogP contribution in [0.5, 0.6) is 5.75 Å². The zero-order valence-electron chi connectivity index (χ0n) is 11.6. The third kappa shape index (κ3) is 4.25. The molecule has 0 amide bonds. The van der Waals surface area contributed by atoms with Crippen molar-refractivity contribution in [3.63, 3.8) is 0 Å². The molecule has 1 aromatic carbocycles. The third-order valence-corrected chi connectivity index (χ3v) is 3.09. The lowest BCUT2D eigenvalue weighted by Crippen LogP contribution is -2.28. The number of ether oxygens (including phenoxy) is 1. The van der Waals surface area contributed by atoms with E-state index in [1.807, 2.05) is 0 Å². The molecule has 0 saturated carbocycles. The number of aliphatic hydroxyl groups is 1. The first-order chi connectivity index (χ1) is 9.53. The summed E-state index contributed by atoms with van der Waals surface area (Å²) >= 11 is 0. The van der Waals surface area contributed by atoms with E-state index in [4.69, 9.17) is 9.84 Å². The molecule has 0 spiro atoms. The van der Waals surface area contributed by atoms with Gasteiger partial charge in [0.25, 0.3) is 0 Å². The average Bonchev–Trinajstić information content (AvgIpc) is 2.38. The first kappa shape index (κ1) is 16.5. The Hall–Kier alpha value is -1.53. The van der Waals surface area contributed by atoms with E-state index in [0.717, 1.165) is 12.1 Å². The van der Waals surface area contributed by atoms with Gasteiger partial charge in [-0.1, -0.05) is 0 Å². The Kier molecular flexibility index (Phi) is 6.54. The molecule has 20 heavy (non-hydrogen) atoms. The van der Waals surface area contributed by atoms with Crippen LogP contribution in [-0.4, -0.2) is 50.1 Å². The molecule has 0 fully saturated rings. The second-order valence-electron chi connectivity index (χ2n) is 4.59. The number of aldehydes is 1. The van der Waals surface area contributed by atoms with E-state index in [-0.39, 0.29) is 30.9 Å². The van der Waals surface area contributed by atoms with Gasteiger partial charge in [-0.2, -0.15) is 0 Å². The first-order valence-corrected chi connectivity index (χ1v) is 6.29. The van der Waals surface area contributed by atoms with E-state index in [2.05, 4.69) is 0 Å². The summed E-state index contributed by atoms with van der Waals surface area (Å²) in [6.45, 7) is 0.589. The Balaban J connectivity index is 3.05. The SMILES string of the molecule is COc1cc(F)c(C(CC=O)CN(C)CCO)c(F)c1. The molecule has 1 rings (SSSR count). The summed E-state index contributed by atoms with van der Waals surface area (Å²) < 4.78 is 32.8. The topological polar surface area (TPSA) is 49.8 Å². The average molecular weight is 287 g/mol. The molecular formula is C14H19F2NO3. The number of benzene rings is 1. The fourth-order valence-corrected chi connectivity index (χ4v) is 2.11. The molecule has 0 saturated heterocycles. The zero-order chi connectivity index (χ0) is 15.1. The highest BCUT2D eigenvalue weighted by molar-refractivity contribution is 5.52. The minimum Gasteiger partial charge on any atom is -0.497 e. The quantitative estimate of drug-likeness (QED) is 0.737. The minimum atomic E-state index is -0.730. The van der Waals surface area contributed by atoms with Gasteiger partial charge in [0.15, 0.2) is 0 Å². The summed E-state index contributed by atoms with van der Waals surface area (Å²) in [7, 11) is 3.04. The van der Waals surface area contributed by atoms with Gasteiger partial charge in [0.05, 0.1) is 13.7 Å². The Morgan fingerprint density at radius 3 is 2.45 bits per heavy atom. The third-order valence-electron chi connectivity index (χ3n) is 3.09. The molecule has 1 unspecified atom stereocenters. The predicted molar refractivity (Wildman–Crippen MR) is 70.9 cm³/mol. The van der Waals surface area contributed by atoms with Crippen LogP contribution in [0.4, 0.5) is 8.78 Å². The van der Waals surface area contributed by atoms with Crippen molar-refractivity contribution in [3.8, 4) is 5.75 Å². The van der Waals surface area contributed by atoms with Gasteiger partial charge in [-0.3, -0.25) is 0 Å². The number of carbonyl (C=O) groups excluding carboxylic acids is 1. The lowest BCUT2D eigenvalue weighted by atomic mass is 9.94. The molecule has 0 bridgehead atoms. The predicted octanol–water partition coefficient (Wildman–Crippen LogP) is 1.57. The molecule has 6 heteroatoms. The molecular weight excluding hydrogens is 268 g/mol. The highest BCUT2D eigenvalue weighted by atomic mass is 19.1. The smallest absolute Gasteiger partial charge is 0.133 e. The number of likely N-dealkylation sites (N-methyl/N-ethyl adjacent to an activating group) is 1. The van der Waals surface area contributed by atoms with E-state index < -0.39 is 17.6 Å². The molecule has 112 valence electrons. The zero-order valence-corrected chi connectivity index (χ0v) is 11.6. The number of rotatable bonds is 8. The van der Waals surface area contributed by atoms with Crippen LogP contribution in [0.25, 0.3) is 0 Å². The van der Waals surface area contributed by atoms with Crippen molar-refractivity contribution < 1.29 is 23.4 Å². The van der Waals surface area contributed by atoms with Gasteiger partial charge < -0.3 is 19.5 Å². The van der Waals surface area contributed by atoms with E-state index >= 15 is 0 Å². The van der Waals surface area contributed by atoms with Crippen molar-refractivity contribution in [3.05, 3.63) is 29.3 Å². The van der Waals surface area contributed by atoms with E-state index in [1.165, 1.54) is 7.11 Å². The fraction of sp³-hybridized carbons (Fsp3) is 0.500. The normalized spacial score (nSPS) is 12.5. The van der Waals surface area contributed by atoms with Crippen LogP contribution < -0.4 is 4.74 Å². The van der Waals surface area contributed by atoms with Crippen molar-refractivity contribution in [2.75, 3.05) is 33.9 Å². The van der Waals surface area contributed by atoms with Gasteiger partial charge in [0, 0.05) is 43.1 Å². The van der Waals surface area contributed by atoms with Crippen molar-refractivity contribution in [1.82, 2.24) is 4.90 Å². The number of methoxy groups -OCH3 is 1. The lowest BCUT2D eigenvalue weighted by molar-refractivity contribution is -0.108. The summed E-state index contributed by atoms with van der Waals surface area (Å²) in [6.07, 6.45) is 0.649. The molecule has 1 atom stereocenters. The van der Waals surface area contributed by atoms with Crippen molar-refractivity contribution in [2.24, 2.45) is 0 Å². The van der Waals surface area contributed by atoms with Crippen LogP contribution >= 0.6 is 0 Å². The first-order valence-electron chi connectivity index (χ1n) is 6.29. The Labute approximate surface area is 117 Å². The summed E-state index contributed by atoms with van der Waals surface area (Å²) in [6, 6.07) is 2.20. The second-order valence-corrected chi connectivity index (χ2v) is 4.59. The maximum Gasteiger partial charge on any atom is 0.133 e. The number of aliphatic hydroxyl groups excluding tert-OH is 1. The van der Waals surface area contributed by atoms with Crippen LogP contribution in [0, 0.1) is 11.6 Å². The summed E-state index contributed by atoms with van der Waals surface area (Å²) in [5, 5.41) is 8.85. The molecule has 0 aliphatic carbocycles. The largest absolute Gasteiger partial charge is 0.497 e. The minimum absolute atomic E-state index is 0.00986. The van der Waals surface area contributed by atoms with E-state index in [0.29, 0.717) is 12.8 Å². The summed E-state index contributed by atoms with van der Waals surface area (Å²) in [5.41, 5.74) is -0.123. The lowest BCUT2D eigenvalue weighted by Gasteiger charge is -2.23. The highest BCUT2D eigenvalue weighted by Gasteiger charge is 2.22. The molecule has 4 nitrogen and oxygen atoms in total. The number of nitrogens with zero attached hydrogens (tertiary/aromatic N) is 1. The van der Waals surface area contributed by atoms with E-state index in [9.17, 15) is 13.6 Å². The van der Waals surface area contributed by atoms with Gasteiger partial charge in [-0.15, -0.1) is 0 Å². The van der Waals surface area contributed by atoms with Gasteiger partial charge in [0.1, 0.15) is 23.7 Å². The number of hydrogen-bond acceptors (Lipinski definition) is 4. The Morgan fingerprint density at radius 2 is 2.00 bits per heavy atom. The Bertz CT molecular complexity index is 431. The fourth-order valence-electron chi connectivity index (χ4n) is 2.11. The van der Waals surface area contributed by atoms with Crippen molar-refractivity contribution in [2.45, 2.75) is 12.3 Å². The molecule has 0 aromatic heterocycles. The maximum absolute atomic E-state index is 14.0. The molecule has 1 aromatic rings. The summed E-state index contributed by atoms with van der Waals surface area (Å²) in [5.74, 6) is -1.97. The number of halogens is 2. The van der Waals surface area contributed by atoms with Gasteiger partial charge >= 0.3 is 0 Å². The Morgan fingerprint density at radius 1 is 1.40 bits per heavy atom. The monoisotopic (exact) mass is 287 g/mol. The van der Waals surface area contributed by atoms with Gasteiger partial charge in [-0.05, 0) is 7.05 Å². The second kappa shape index (κ2) is 7.91. The molecule has 0 aliphatic heterocycles. The highest BCUT2D eigenvalue weighted by Crippen LogP contribution is 2.29. The van der Waals surface area contributed by atoms with Crippen molar-refractivity contribution in [1.29, 1.82) is 0 Å². The molecule has 0 aliphatic rings. The van der Waals surface area contributed by atoms with Crippen LogP contribution in [0.2, 0.25) is 0 Å². The van der Waals surface area contributed by atoms with Gasteiger partial charge in [-0.25, -0.2) is 8.78 Å². The van der Waals surface area contributed by atoms with Crippen molar-refractivity contribution >= 4 is 6.29 Å². The van der Waals surface area contributed by atoms with Gasteiger partial charge in [0.2, 0.25) is 0 Å².